The molecule has 3 aliphatic rings. The molecule has 1 aliphatic carbocycles. The van der Waals surface area contributed by atoms with Crippen molar-refractivity contribution in [3.8, 4) is 27.9 Å². The monoisotopic (exact) mass is 938 g/mol. The first-order valence-corrected chi connectivity index (χ1v) is 23.2. The van der Waals surface area contributed by atoms with Crippen LogP contribution in [0.4, 0.5) is 0 Å². The lowest BCUT2D eigenvalue weighted by molar-refractivity contribution is 0.538. The molecule has 8 aromatic carbocycles. The maximum absolute atomic E-state index is 5.37. The molecule has 300 valence electrons. The molecule has 0 radical (unpaired) electrons. The minimum Gasteiger partial charge on any atom is -0.309 e. The van der Waals surface area contributed by atoms with E-state index in [9.17, 15) is 0 Å². The van der Waals surface area contributed by atoms with Gasteiger partial charge in [-0.1, -0.05) is 176 Å². The molecule has 3 heterocycles. The van der Waals surface area contributed by atoms with Crippen molar-refractivity contribution in [3.05, 3.63) is 246 Å². The summed E-state index contributed by atoms with van der Waals surface area (Å²) in [4.78, 5) is 12.1. The van der Waals surface area contributed by atoms with Gasteiger partial charge in [0.2, 0.25) is 0 Å². The van der Waals surface area contributed by atoms with E-state index in [0.29, 0.717) is 17.0 Å². The van der Waals surface area contributed by atoms with Crippen LogP contribution in [0.3, 0.4) is 0 Å². The van der Waals surface area contributed by atoms with E-state index >= 15 is 0 Å². The zero-order chi connectivity index (χ0) is 41.9. The number of rotatable bonds is 7. The van der Waals surface area contributed by atoms with Gasteiger partial charge in [0.15, 0.2) is 12.0 Å². The van der Waals surface area contributed by atoms with Crippen LogP contribution in [0.25, 0.3) is 55.3 Å². The van der Waals surface area contributed by atoms with Gasteiger partial charge in [0.25, 0.3) is 0 Å². The number of benzene rings is 8. The number of hydrogen-bond acceptors (Lipinski definition) is 4. The quantitative estimate of drug-likeness (QED) is 0.118. The van der Waals surface area contributed by atoms with Crippen molar-refractivity contribution < 1.29 is 0 Å². The number of hydrogen-bond donors (Lipinski definition) is 0. The van der Waals surface area contributed by atoms with Crippen molar-refractivity contribution in [1.29, 1.82) is 0 Å². The fourth-order valence-electron chi connectivity index (χ4n) is 9.55. The second-order valence-corrected chi connectivity index (χ2v) is 18.5. The van der Waals surface area contributed by atoms with E-state index in [1.165, 1.54) is 60.1 Å². The van der Waals surface area contributed by atoms with Crippen LogP contribution in [0.5, 0.6) is 0 Å². The van der Waals surface area contributed by atoms with Gasteiger partial charge in [-0.05, 0) is 81.4 Å². The van der Waals surface area contributed by atoms with E-state index < -0.39 is 0 Å². The lowest BCUT2D eigenvalue weighted by atomic mass is 9.85. The minimum absolute atomic E-state index is 0.250. The van der Waals surface area contributed by atoms with Crippen LogP contribution in [0.15, 0.2) is 233 Å². The van der Waals surface area contributed by atoms with Gasteiger partial charge < -0.3 is 4.57 Å². The van der Waals surface area contributed by atoms with E-state index in [0.717, 1.165) is 33.7 Å². The molecule has 0 bridgehead atoms. The largest absolute Gasteiger partial charge is 0.309 e. The molecule has 2 aliphatic heterocycles. The van der Waals surface area contributed by atoms with Gasteiger partial charge >= 0.3 is 0 Å². The predicted octanol–water partition coefficient (Wildman–Crippen LogP) is 14.9. The van der Waals surface area contributed by atoms with E-state index in [4.69, 9.17) is 9.98 Å². The number of allylic oxidation sites excluding steroid dienone is 3. The Balaban J connectivity index is 1.08. The van der Waals surface area contributed by atoms with Gasteiger partial charge in [0.05, 0.1) is 33.9 Å². The van der Waals surface area contributed by atoms with Crippen LogP contribution in [0.2, 0.25) is 0 Å². The van der Waals surface area contributed by atoms with Crippen molar-refractivity contribution >= 4 is 73.7 Å². The van der Waals surface area contributed by atoms with Crippen LogP contribution >= 0.6 is 34.6 Å². The number of thioether (sulfide) groups is 1. The lowest BCUT2D eigenvalue weighted by Gasteiger charge is -2.30. The SMILES string of the molecule is IN1C(c2ccccc2)=NC(c2cccc(-n3c4ccc(C5=CC=CC6c7ccccc7SC56)cc4c4cc(-c5ccccc5)cc(-c5ccccc5)c43)c2)=NC1c1ccccc1. The molecule has 0 fully saturated rings. The molecule has 1 aromatic heterocycles. The van der Waals surface area contributed by atoms with E-state index in [2.05, 4.69) is 243 Å². The Morgan fingerprint density at radius 3 is 1.98 bits per heavy atom. The van der Waals surface area contributed by atoms with Gasteiger partial charge in [-0.15, -0.1) is 11.8 Å². The van der Waals surface area contributed by atoms with E-state index in [1.54, 1.807) is 0 Å². The molecular formula is C57H39IN4S. The van der Waals surface area contributed by atoms with Crippen LogP contribution < -0.4 is 0 Å². The topological polar surface area (TPSA) is 32.9 Å². The average molecular weight is 939 g/mol. The second-order valence-electron chi connectivity index (χ2n) is 16.2. The maximum Gasteiger partial charge on any atom is 0.159 e. The molecule has 3 atom stereocenters. The Labute approximate surface area is 385 Å². The van der Waals surface area contributed by atoms with Crippen molar-refractivity contribution in [3.63, 3.8) is 0 Å². The van der Waals surface area contributed by atoms with Crippen molar-refractivity contribution in [2.24, 2.45) is 9.98 Å². The van der Waals surface area contributed by atoms with Gasteiger partial charge in [0, 0.05) is 49.2 Å². The zero-order valence-electron chi connectivity index (χ0n) is 34.1. The van der Waals surface area contributed by atoms with E-state index in [1.807, 2.05) is 17.8 Å². The Bertz CT molecular complexity index is 3340. The molecular weight excluding hydrogens is 900 g/mol. The number of aliphatic imine (C=N–C) groups is 2. The molecule has 0 saturated carbocycles. The standard InChI is InChI=1S/C57H39IN4S/c58-62-56(39-21-9-3-10-22-39)59-55(60-57(62)40-23-11-4-12-24-40)42-25-15-26-44(33-42)61-51-32-31-41(45-28-16-29-47-46-27-13-14-30-52(46)63-54(45)47)34-49(51)50-36-43(37-17-5-1-6-18-37)35-48(53(50)61)38-19-7-2-8-20-38/h1-36,47,54,56H. The normalized spacial score (nSPS) is 17.9. The van der Waals surface area contributed by atoms with Crippen molar-refractivity contribution in [2.75, 3.05) is 0 Å². The van der Waals surface area contributed by atoms with E-state index in [-0.39, 0.29) is 6.17 Å². The Kier molecular flexibility index (Phi) is 9.56. The van der Waals surface area contributed by atoms with Gasteiger partial charge in [-0.3, -0.25) is 3.11 Å². The molecule has 0 amide bonds. The fraction of sp³-hybridized carbons (Fsp3) is 0.0526. The third kappa shape index (κ3) is 6.67. The first kappa shape index (κ1) is 38.0. The zero-order valence-corrected chi connectivity index (χ0v) is 37.1. The molecule has 12 rings (SSSR count). The lowest BCUT2D eigenvalue weighted by Crippen LogP contribution is -2.31. The summed E-state index contributed by atoms with van der Waals surface area (Å²) in [7, 11) is 0. The summed E-state index contributed by atoms with van der Waals surface area (Å²) in [5, 5.41) is 2.76. The van der Waals surface area contributed by atoms with Gasteiger partial charge in [-0.2, -0.15) is 0 Å². The highest BCUT2D eigenvalue weighted by Crippen LogP contribution is 2.53. The minimum atomic E-state index is -0.250. The molecule has 9 aromatic rings. The first-order valence-electron chi connectivity index (χ1n) is 21.4. The van der Waals surface area contributed by atoms with Crippen LogP contribution in [0, 0.1) is 0 Å². The van der Waals surface area contributed by atoms with Crippen molar-refractivity contribution in [1.82, 2.24) is 7.68 Å². The molecule has 4 nitrogen and oxygen atoms in total. The van der Waals surface area contributed by atoms with Crippen LogP contribution in [0.1, 0.15) is 39.9 Å². The van der Waals surface area contributed by atoms with Crippen LogP contribution in [-0.2, 0) is 0 Å². The third-order valence-electron chi connectivity index (χ3n) is 12.5. The summed E-state index contributed by atoms with van der Waals surface area (Å²) in [5.74, 6) is 1.94. The number of amidine groups is 2. The summed E-state index contributed by atoms with van der Waals surface area (Å²) in [6, 6.07) is 72.2. The average Bonchev–Trinajstić information content (AvgIpc) is 3.91. The van der Waals surface area contributed by atoms with Gasteiger partial charge in [0.1, 0.15) is 5.84 Å². The summed E-state index contributed by atoms with van der Waals surface area (Å²) in [6.07, 6.45) is 6.73. The summed E-state index contributed by atoms with van der Waals surface area (Å²) in [6.45, 7) is 0. The highest BCUT2D eigenvalue weighted by atomic mass is 127. The Morgan fingerprint density at radius 2 is 1.21 bits per heavy atom. The number of nitrogens with zero attached hydrogens (tertiary/aromatic N) is 4. The first-order chi connectivity index (χ1) is 31.2. The maximum atomic E-state index is 5.37. The Hall–Kier alpha value is -6.74. The number of fused-ring (bicyclic) bond motifs is 6. The smallest absolute Gasteiger partial charge is 0.159 e. The highest BCUT2D eigenvalue weighted by molar-refractivity contribution is 14.1. The molecule has 63 heavy (non-hydrogen) atoms. The van der Waals surface area contributed by atoms with Crippen molar-refractivity contribution in [2.45, 2.75) is 22.2 Å². The van der Waals surface area contributed by atoms with Gasteiger partial charge in [-0.25, -0.2) is 9.98 Å². The number of halogens is 1. The highest BCUT2D eigenvalue weighted by Gasteiger charge is 2.36. The fourth-order valence-corrected chi connectivity index (χ4v) is 11.9. The molecule has 3 unspecified atom stereocenters. The summed E-state index contributed by atoms with van der Waals surface area (Å²) in [5.41, 5.74) is 15.3. The molecule has 6 heteroatoms. The molecule has 0 saturated heterocycles. The summed E-state index contributed by atoms with van der Waals surface area (Å²) >= 11 is 4.37. The number of aromatic nitrogens is 1. The molecule has 0 N–H and O–H groups in total. The second kappa shape index (κ2) is 15.9. The predicted molar refractivity (Wildman–Crippen MR) is 272 cm³/mol. The summed E-state index contributed by atoms with van der Waals surface area (Å²) < 4.78 is 4.62. The third-order valence-corrected chi connectivity index (χ3v) is 14.9. The Morgan fingerprint density at radius 1 is 0.540 bits per heavy atom. The van der Waals surface area contributed by atoms with Crippen LogP contribution in [-0.4, -0.2) is 24.6 Å². The molecule has 0 spiro atoms.